The van der Waals surface area contributed by atoms with Gasteiger partial charge in [-0.15, -0.1) is 0 Å². The number of carboxylic acids is 2. The average Bonchev–Trinajstić information content (AvgIpc) is 3.58. The number of imide groups is 1. The van der Waals surface area contributed by atoms with Gasteiger partial charge < -0.3 is 62.4 Å². The van der Waals surface area contributed by atoms with E-state index < -0.39 is 182 Å². The van der Waals surface area contributed by atoms with Crippen LogP contribution in [0.3, 0.4) is 0 Å². The molecular formula is C56H72F2N10O15. The number of primary amides is 1. The van der Waals surface area contributed by atoms with E-state index in [9.17, 15) is 72.1 Å². The van der Waals surface area contributed by atoms with Gasteiger partial charge in [0.2, 0.25) is 47.3 Å². The van der Waals surface area contributed by atoms with E-state index in [1.54, 1.807) is 55.8 Å². The van der Waals surface area contributed by atoms with Crippen LogP contribution in [0, 0.1) is 17.0 Å². The van der Waals surface area contributed by atoms with Crippen LogP contribution in [-0.4, -0.2) is 157 Å². The lowest BCUT2D eigenvalue weighted by atomic mass is 9.82. The van der Waals surface area contributed by atoms with Gasteiger partial charge in [0.05, 0.1) is 12.5 Å². The van der Waals surface area contributed by atoms with Gasteiger partial charge in [0.25, 0.3) is 11.8 Å². The number of nitrogens with two attached hydrogens (primary N) is 1. The van der Waals surface area contributed by atoms with Gasteiger partial charge >= 0.3 is 11.9 Å². The highest BCUT2D eigenvalue weighted by atomic mass is 19.1. The van der Waals surface area contributed by atoms with Crippen molar-refractivity contribution in [1.29, 1.82) is 0 Å². The molecule has 0 spiro atoms. The van der Waals surface area contributed by atoms with E-state index >= 15 is 4.39 Å². The zero-order valence-electron chi connectivity index (χ0n) is 46.9. The molecule has 450 valence electrons. The fraction of sp³-hybridized carbons (Fsp3) is 0.464. The van der Waals surface area contributed by atoms with E-state index in [1.807, 2.05) is 19.1 Å². The Morgan fingerprint density at radius 3 is 1.92 bits per heavy atom. The SMILES string of the molecule is CCCCC(C(=O)N[C@@H](C)C(=O)N[C@@H](C)C(=O)N[C@@H](CC(N)=O)C(=O)N[C@@H](CCN(C(=O)CO)[C@@H](c1cc(-c2cc(F)ccc2F)cn1Cc1ccccc1)C(C)(C)C)C(=O)NCCC(=O)N[C@@H](CCC(=O)O)C(=O)O)N1C(=O)C=CC1=O. The summed E-state index contributed by atoms with van der Waals surface area (Å²) in [6.07, 6.45) is 1.71. The number of carbonyl (C=O) groups is 12. The van der Waals surface area contributed by atoms with Crippen LogP contribution in [0.2, 0.25) is 0 Å². The number of hydrogen-bond donors (Lipinski definition) is 10. The number of carboxylic acid groups (broad SMARTS) is 2. The minimum absolute atomic E-state index is 0.0912. The highest BCUT2D eigenvalue weighted by Crippen LogP contribution is 2.41. The second-order valence-electron chi connectivity index (χ2n) is 20.9. The second kappa shape index (κ2) is 30.8. The fourth-order valence-corrected chi connectivity index (χ4v) is 9.10. The number of aliphatic hydroxyl groups excluding tert-OH is 1. The summed E-state index contributed by atoms with van der Waals surface area (Å²) >= 11 is 0. The zero-order chi connectivity index (χ0) is 61.9. The average molecular weight is 1160 g/mol. The number of halogens is 2. The Morgan fingerprint density at radius 2 is 1.34 bits per heavy atom. The zero-order valence-corrected chi connectivity index (χ0v) is 46.9. The minimum atomic E-state index is -1.86. The maximum Gasteiger partial charge on any atom is 0.326 e. The van der Waals surface area contributed by atoms with Crippen molar-refractivity contribution in [1.82, 2.24) is 46.3 Å². The molecule has 0 bridgehead atoms. The van der Waals surface area contributed by atoms with Crippen molar-refractivity contribution in [2.45, 2.75) is 142 Å². The number of nitrogens with one attached hydrogen (secondary N) is 6. The van der Waals surface area contributed by atoms with Crippen molar-refractivity contribution in [2.24, 2.45) is 11.1 Å². The van der Waals surface area contributed by atoms with Gasteiger partial charge in [-0.3, -0.25) is 57.6 Å². The lowest BCUT2D eigenvalue weighted by Crippen LogP contribution is -2.59. The Kier molecular flexibility index (Phi) is 24.7. The molecule has 25 nitrogen and oxygen atoms in total. The third-order valence-corrected chi connectivity index (χ3v) is 13.3. The number of amides is 10. The third-order valence-electron chi connectivity index (χ3n) is 13.3. The van der Waals surface area contributed by atoms with E-state index in [0.717, 1.165) is 40.8 Å². The number of hydrogen-bond acceptors (Lipinski definition) is 13. The van der Waals surface area contributed by atoms with Crippen LogP contribution in [0.1, 0.15) is 110 Å². The molecule has 2 heterocycles. The van der Waals surface area contributed by atoms with Crippen molar-refractivity contribution in [3.63, 3.8) is 0 Å². The van der Waals surface area contributed by atoms with Crippen molar-refractivity contribution >= 4 is 71.0 Å². The van der Waals surface area contributed by atoms with Gasteiger partial charge in [0.15, 0.2) is 0 Å². The summed E-state index contributed by atoms with van der Waals surface area (Å²) in [6, 6.07) is 3.14. The Balaban J connectivity index is 1.66. The molecule has 1 aromatic heterocycles. The molecule has 0 saturated heterocycles. The van der Waals surface area contributed by atoms with Gasteiger partial charge in [-0.05, 0) is 68.4 Å². The molecule has 7 atom stereocenters. The molecule has 83 heavy (non-hydrogen) atoms. The summed E-state index contributed by atoms with van der Waals surface area (Å²) in [7, 11) is 0. The van der Waals surface area contributed by atoms with Gasteiger partial charge in [-0.2, -0.15) is 0 Å². The van der Waals surface area contributed by atoms with E-state index in [1.165, 1.54) is 18.7 Å². The lowest BCUT2D eigenvalue weighted by molar-refractivity contribution is -0.146. The molecule has 10 amide bonds. The van der Waals surface area contributed by atoms with Crippen LogP contribution in [0.25, 0.3) is 11.1 Å². The quantitative estimate of drug-likeness (QED) is 0.0391. The van der Waals surface area contributed by atoms with Gasteiger partial charge in [-0.1, -0.05) is 70.9 Å². The fourth-order valence-electron chi connectivity index (χ4n) is 9.10. The number of unbranched alkanes of at least 4 members (excludes halogenated alkanes) is 1. The van der Waals surface area contributed by atoms with Crippen LogP contribution < -0.4 is 37.6 Å². The largest absolute Gasteiger partial charge is 0.481 e. The Bertz CT molecular complexity index is 2910. The first-order chi connectivity index (χ1) is 39.1. The molecule has 3 aromatic rings. The number of aliphatic carboxylic acids is 2. The van der Waals surface area contributed by atoms with E-state index in [0.29, 0.717) is 18.5 Å². The van der Waals surface area contributed by atoms with Crippen LogP contribution in [0.4, 0.5) is 8.78 Å². The molecule has 0 saturated carbocycles. The van der Waals surface area contributed by atoms with Gasteiger partial charge in [0.1, 0.15) is 54.5 Å². The predicted octanol–water partition coefficient (Wildman–Crippen LogP) is 1.06. The number of carbonyl (C=O) groups excluding carboxylic acids is 10. The topological polar surface area (TPSA) is 375 Å². The normalized spacial score (nSPS) is 14.7. The summed E-state index contributed by atoms with van der Waals surface area (Å²) < 4.78 is 31.8. The second-order valence-corrected chi connectivity index (χ2v) is 20.9. The van der Waals surface area contributed by atoms with Crippen molar-refractivity contribution < 1.29 is 81.6 Å². The Labute approximate surface area is 477 Å². The number of aliphatic hydroxyl groups is 1. The summed E-state index contributed by atoms with van der Waals surface area (Å²) in [5.41, 5.74) is 5.80. The summed E-state index contributed by atoms with van der Waals surface area (Å²) in [6.45, 7) is 7.65. The first kappa shape index (κ1) is 66.6. The molecular weight excluding hydrogens is 1090 g/mol. The third kappa shape index (κ3) is 19.7. The number of benzene rings is 2. The number of nitrogens with zero attached hydrogens (tertiary/aromatic N) is 3. The standard InChI is InChI=1S/C56H72F2N10O15/c1-7-8-14-41(68-45(72)18-19-46(68)73)54(81)62-31(2)50(77)61-32(3)51(78)65-40(27-43(59)70)53(80)64-38(52(79)60-23-21-44(71)63-39(55(82)83)17-20-48(75)76)22-24-67(47(74)30-69)49(56(4,5)6)42-25-34(36-26-35(57)15-16-37(36)58)29-66(42)28-33-12-10-9-11-13-33/h9-13,15-16,18-19,25-26,29,31-32,38-41,49,69H,7-8,14,17,20-24,27-28,30H2,1-6H3,(H2,59,70)(H,60,79)(H,61,77)(H,62,81)(H,63,71)(H,64,80)(H,65,78)(H,75,76)(H,82,83)/t31-,32-,38-,39-,40-,41?,49-/m0/s1. The number of aromatic nitrogens is 1. The molecule has 0 radical (unpaired) electrons. The summed E-state index contributed by atoms with van der Waals surface area (Å²) in [4.78, 5) is 158. The maximum atomic E-state index is 15.4. The van der Waals surface area contributed by atoms with Crippen molar-refractivity contribution in [3.8, 4) is 11.1 Å². The highest BCUT2D eigenvalue weighted by Gasteiger charge is 2.40. The molecule has 1 aliphatic rings. The smallest absolute Gasteiger partial charge is 0.326 e. The monoisotopic (exact) mass is 1160 g/mol. The predicted molar refractivity (Wildman–Crippen MR) is 292 cm³/mol. The molecule has 0 fully saturated rings. The van der Waals surface area contributed by atoms with E-state index in [4.69, 9.17) is 10.8 Å². The van der Waals surface area contributed by atoms with Crippen molar-refractivity contribution in [2.75, 3.05) is 19.7 Å². The number of rotatable bonds is 32. The first-order valence-corrected chi connectivity index (χ1v) is 26.7. The maximum absolute atomic E-state index is 15.4. The molecule has 27 heteroatoms. The minimum Gasteiger partial charge on any atom is -0.481 e. The summed E-state index contributed by atoms with van der Waals surface area (Å²) in [5, 5.41) is 43.2. The first-order valence-electron chi connectivity index (χ1n) is 26.7. The van der Waals surface area contributed by atoms with Crippen LogP contribution in [0.15, 0.2) is 72.9 Å². The molecule has 0 aliphatic carbocycles. The van der Waals surface area contributed by atoms with Gasteiger partial charge in [0, 0.05) is 67.6 Å². The molecule has 11 N–H and O–H groups in total. The molecule has 4 rings (SSSR count). The van der Waals surface area contributed by atoms with Crippen molar-refractivity contribution in [3.05, 3.63) is 95.8 Å². The van der Waals surface area contributed by atoms with Crippen LogP contribution in [0.5, 0.6) is 0 Å². The Morgan fingerprint density at radius 1 is 0.723 bits per heavy atom. The molecule has 1 unspecified atom stereocenters. The lowest BCUT2D eigenvalue weighted by Gasteiger charge is -2.41. The molecule has 1 aliphatic heterocycles. The van der Waals surface area contributed by atoms with Crippen LogP contribution in [-0.2, 0) is 64.1 Å². The summed E-state index contributed by atoms with van der Waals surface area (Å²) in [5.74, 6) is -13.8. The highest BCUT2D eigenvalue weighted by molar-refractivity contribution is 6.15. The van der Waals surface area contributed by atoms with E-state index in [-0.39, 0.29) is 24.1 Å². The van der Waals surface area contributed by atoms with E-state index in [2.05, 4.69) is 31.9 Å². The Hall–Kier alpha value is -8.88. The molecule has 2 aromatic carbocycles. The van der Waals surface area contributed by atoms with Crippen LogP contribution >= 0.6 is 0 Å². The van der Waals surface area contributed by atoms with Gasteiger partial charge in [-0.25, -0.2) is 13.6 Å².